The van der Waals surface area contributed by atoms with Gasteiger partial charge in [-0.25, -0.2) is 4.39 Å². The zero-order valence-electron chi connectivity index (χ0n) is 20.0. The van der Waals surface area contributed by atoms with Crippen LogP contribution in [0.3, 0.4) is 0 Å². The summed E-state index contributed by atoms with van der Waals surface area (Å²) in [5.41, 5.74) is 5.21. The molecule has 3 N–H and O–H groups in total. The number of carbonyl (C=O) groups is 2. The molecule has 184 valence electrons. The summed E-state index contributed by atoms with van der Waals surface area (Å²) in [5, 5.41) is 7.77. The zero-order chi connectivity index (χ0) is 24.2. The normalized spacial score (nSPS) is 17.7. The number of benzene rings is 2. The Kier molecular flexibility index (Phi) is 7.13. The zero-order valence-corrected chi connectivity index (χ0v) is 20.0. The van der Waals surface area contributed by atoms with Crippen LogP contribution < -0.4 is 10.6 Å². The molecule has 2 aromatic carbocycles. The number of amides is 2. The lowest BCUT2D eigenvalue weighted by Crippen LogP contribution is -2.30. The SMILES string of the molecule is O=C(NCCCN1CCCC1=O)c1ccc2[nH]c3c(c2c1)CCCC3NCCc1cccc(F)c1. The molecule has 1 aromatic heterocycles. The maximum Gasteiger partial charge on any atom is 0.251 e. The summed E-state index contributed by atoms with van der Waals surface area (Å²) in [5.74, 6) is -0.0458. The molecule has 1 saturated heterocycles. The van der Waals surface area contributed by atoms with Crippen LogP contribution >= 0.6 is 0 Å². The van der Waals surface area contributed by atoms with E-state index < -0.39 is 0 Å². The average Bonchev–Trinajstić information content (AvgIpc) is 3.44. The first-order valence-corrected chi connectivity index (χ1v) is 12.8. The van der Waals surface area contributed by atoms with Crippen molar-refractivity contribution in [3.05, 3.63) is 70.7 Å². The van der Waals surface area contributed by atoms with Gasteiger partial charge in [0.2, 0.25) is 5.91 Å². The fourth-order valence-electron chi connectivity index (χ4n) is 5.41. The Hall–Kier alpha value is -3.19. The van der Waals surface area contributed by atoms with Gasteiger partial charge in [-0.2, -0.15) is 0 Å². The van der Waals surface area contributed by atoms with Crippen molar-refractivity contribution < 1.29 is 14.0 Å². The monoisotopic (exact) mass is 476 g/mol. The second-order valence-electron chi connectivity index (χ2n) is 9.65. The van der Waals surface area contributed by atoms with Gasteiger partial charge in [-0.05, 0) is 86.5 Å². The lowest BCUT2D eigenvalue weighted by atomic mass is 9.91. The van der Waals surface area contributed by atoms with Crippen LogP contribution in [0, 0.1) is 5.82 Å². The van der Waals surface area contributed by atoms with Gasteiger partial charge in [0.05, 0.1) is 0 Å². The van der Waals surface area contributed by atoms with Crippen LogP contribution in [-0.4, -0.2) is 47.9 Å². The van der Waals surface area contributed by atoms with Crippen LogP contribution in [0.4, 0.5) is 4.39 Å². The number of nitrogens with one attached hydrogen (secondary N) is 3. The van der Waals surface area contributed by atoms with E-state index >= 15 is 0 Å². The van der Waals surface area contributed by atoms with Gasteiger partial charge in [-0.3, -0.25) is 9.59 Å². The van der Waals surface area contributed by atoms with Gasteiger partial charge < -0.3 is 20.5 Å². The van der Waals surface area contributed by atoms with Crippen molar-refractivity contribution in [2.45, 2.75) is 51.0 Å². The first-order chi connectivity index (χ1) is 17.1. The molecule has 2 amide bonds. The molecular weight excluding hydrogens is 443 g/mol. The van der Waals surface area contributed by atoms with Crippen molar-refractivity contribution in [1.29, 1.82) is 0 Å². The highest BCUT2D eigenvalue weighted by Crippen LogP contribution is 2.35. The minimum atomic E-state index is -0.195. The number of aryl methyl sites for hydroxylation is 1. The van der Waals surface area contributed by atoms with E-state index in [-0.39, 0.29) is 23.7 Å². The predicted molar refractivity (Wildman–Crippen MR) is 135 cm³/mol. The number of nitrogens with zero attached hydrogens (tertiary/aromatic N) is 1. The number of rotatable bonds is 9. The summed E-state index contributed by atoms with van der Waals surface area (Å²) >= 11 is 0. The minimum Gasteiger partial charge on any atom is -0.357 e. The smallest absolute Gasteiger partial charge is 0.251 e. The molecule has 1 aliphatic carbocycles. The Balaban J connectivity index is 1.20. The van der Waals surface area contributed by atoms with Crippen molar-refractivity contribution in [3.63, 3.8) is 0 Å². The number of likely N-dealkylation sites (tertiary alicyclic amines) is 1. The number of hydrogen-bond acceptors (Lipinski definition) is 3. The van der Waals surface area contributed by atoms with Gasteiger partial charge in [0, 0.05) is 54.3 Å². The second kappa shape index (κ2) is 10.6. The summed E-state index contributed by atoms with van der Waals surface area (Å²) in [6.45, 7) is 2.88. The van der Waals surface area contributed by atoms with Gasteiger partial charge in [-0.15, -0.1) is 0 Å². The summed E-state index contributed by atoms with van der Waals surface area (Å²) in [7, 11) is 0. The lowest BCUT2D eigenvalue weighted by Gasteiger charge is -2.24. The third-order valence-electron chi connectivity index (χ3n) is 7.22. The van der Waals surface area contributed by atoms with Crippen molar-refractivity contribution >= 4 is 22.7 Å². The number of aromatic nitrogens is 1. The van der Waals surface area contributed by atoms with E-state index in [0.29, 0.717) is 25.1 Å². The van der Waals surface area contributed by atoms with Gasteiger partial charge in [0.25, 0.3) is 5.91 Å². The number of H-pyrrole nitrogens is 1. The molecule has 2 heterocycles. The maximum absolute atomic E-state index is 13.5. The summed E-state index contributed by atoms with van der Waals surface area (Å²) < 4.78 is 13.5. The van der Waals surface area contributed by atoms with Crippen LogP contribution in [0.25, 0.3) is 10.9 Å². The predicted octanol–water partition coefficient (Wildman–Crippen LogP) is 4.26. The quantitative estimate of drug-likeness (QED) is 0.404. The first kappa shape index (κ1) is 23.5. The van der Waals surface area contributed by atoms with E-state index in [1.807, 2.05) is 29.2 Å². The van der Waals surface area contributed by atoms with E-state index in [0.717, 1.165) is 68.1 Å². The molecule has 1 atom stereocenters. The number of halogens is 1. The van der Waals surface area contributed by atoms with Gasteiger partial charge in [0.15, 0.2) is 0 Å². The number of hydrogen-bond donors (Lipinski definition) is 3. The highest BCUT2D eigenvalue weighted by Gasteiger charge is 2.24. The Morgan fingerprint density at radius 3 is 2.86 bits per heavy atom. The molecule has 0 spiro atoms. The third-order valence-corrected chi connectivity index (χ3v) is 7.22. The molecule has 0 radical (unpaired) electrons. The molecule has 5 rings (SSSR count). The minimum absolute atomic E-state index is 0.0739. The summed E-state index contributed by atoms with van der Waals surface area (Å²) in [4.78, 5) is 29.9. The van der Waals surface area contributed by atoms with E-state index in [4.69, 9.17) is 0 Å². The molecule has 2 aliphatic rings. The Labute approximate surface area is 205 Å². The van der Waals surface area contributed by atoms with Crippen molar-refractivity contribution in [3.8, 4) is 0 Å². The first-order valence-electron chi connectivity index (χ1n) is 12.8. The molecular formula is C28H33FN4O2. The van der Waals surface area contributed by atoms with Crippen molar-refractivity contribution in [1.82, 2.24) is 20.5 Å². The fraction of sp³-hybridized carbons (Fsp3) is 0.429. The van der Waals surface area contributed by atoms with E-state index in [1.165, 1.54) is 17.3 Å². The molecule has 7 heteroatoms. The lowest BCUT2D eigenvalue weighted by molar-refractivity contribution is -0.127. The van der Waals surface area contributed by atoms with E-state index in [9.17, 15) is 14.0 Å². The molecule has 6 nitrogen and oxygen atoms in total. The standard InChI is InChI=1S/C28H33FN4O2/c29-21-6-1-5-19(17-21)12-14-30-25-8-2-7-22-23-18-20(10-11-24(23)32-27(22)25)28(35)31-13-4-16-33-15-3-9-26(33)34/h1,5-6,10-11,17-18,25,30,32H,2-4,7-9,12-16H2,(H,31,35). The van der Waals surface area contributed by atoms with Gasteiger partial charge in [0.1, 0.15) is 5.82 Å². The second-order valence-corrected chi connectivity index (χ2v) is 9.65. The molecule has 35 heavy (non-hydrogen) atoms. The van der Waals surface area contributed by atoms with Crippen LogP contribution in [0.1, 0.15) is 65.3 Å². The van der Waals surface area contributed by atoms with E-state index in [2.05, 4.69) is 15.6 Å². The number of carbonyl (C=O) groups excluding carboxylic acids is 2. The molecule has 1 aliphatic heterocycles. The van der Waals surface area contributed by atoms with E-state index in [1.54, 1.807) is 12.1 Å². The number of fused-ring (bicyclic) bond motifs is 3. The maximum atomic E-state index is 13.5. The molecule has 0 bridgehead atoms. The number of aromatic amines is 1. The van der Waals surface area contributed by atoms with Crippen LogP contribution in [0.5, 0.6) is 0 Å². The van der Waals surface area contributed by atoms with Gasteiger partial charge in [-0.1, -0.05) is 12.1 Å². The Morgan fingerprint density at radius 1 is 1.11 bits per heavy atom. The Morgan fingerprint density at radius 2 is 2.03 bits per heavy atom. The summed E-state index contributed by atoms with van der Waals surface area (Å²) in [6, 6.07) is 12.9. The largest absolute Gasteiger partial charge is 0.357 e. The highest BCUT2D eigenvalue weighted by molar-refractivity contribution is 5.99. The summed E-state index contributed by atoms with van der Waals surface area (Å²) in [6.07, 6.45) is 6.26. The average molecular weight is 477 g/mol. The van der Waals surface area contributed by atoms with Crippen LogP contribution in [0.15, 0.2) is 42.5 Å². The van der Waals surface area contributed by atoms with Crippen LogP contribution in [0.2, 0.25) is 0 Å². The topological polar surface area (TPSA) is 77.2 Å². The molecule has 1 unspecified atom stereocenters. The molecule has 0 saturated carbocycles. The molecule has 1 fully saturated rings. The van der Waals surface area contributed by atoms with Crippen molar-refractivity contribution in [2.24, 2.45) is 0 Å². The Bertz CT molecular complexity index is 1220. The van der Waals surface area contributed by atoms with Crippen molar-refractivity contribution in [2.75, 3.05) is 26.2 Å². The third kappa shape index (κ3) is 5.40. The fourth-order valence-corrected chi connectivity index (χ4v) is 5.41. The highest BCUT2D eigenvalue weighted by atomic mass is 19.1. The van der Waals surface area contributed by atoms with Crippen LogP contribution in [-0.2, 0) is 17.6 Å². The van der Waals surface area contributed by atoms with Gasteiger partial charge >= 0.3 is 0 Å². The molecule has 3 aromatic rings.